The second kappa shape index (κ2) is 4.58. The number of hydrogen-bond acceptors (Lipinski definition) is 3. The maximum absolute atomic E-state index is 4.20. The number of anilines is 1. The first kappa shape index (κ1) is 11.5. The van der Waals surface area contributed by atoms with E-state index in [0.717, 1.165) is 22.2 Å². The Morgan fingerprint density at radius 1 is 1.29 bits per heavy atom. The van der Waals surface area contributed by atoms with Crippen molar-refractivity contribution in [2.24, 2.45) is 0 Å². The molecular weight excluding hydrogens is 278 g/mol. The summed E-state index contributed by atoms with van der Waals surface area (Å²) in [5, 5.41) is 3.62. The van der Waals surface area contributed by atoms with Gasteiger partial charge in [-0.25, -0.2) is 0 Å². The van der Waals surface area contributed by atoms with Crippen LogP contribution in [0.1, 0.15) is 25.7 Å². The molecule has 17 heavy (non-hydrogen) atoms. The number of rotatable bonds is 2. The molecule has 0 radical (unpaired) electrons. The first-order valence-corrected chi connectivity index (χ1v) is 7.10. The zero-order valence-corrected chi connectivity index (χ0v) is 11.7. The lowest BCUT2D eigenvalue weighted by atomic mass is 9.98. The molecule has 0 aromatic carbocycles. The third kappa shape index (κ3) is 2.33. The molecule has 1 aromatic rings. The fraction of sp³-hybridized carbons (Fsp3) is 0.615. The molecule has 1 N–H and O–H groups in total. The Balaban J connectivity index is 1.67. The number of nitrogens with zero attached hydrogens (tertiary/aromatic N) is 2. The minimum Gasteiger partial charge on any atom is -0.381 e. The van der Waals surface area contributed by atoms with Crippen LogP contribution in [0.4, 0.5) is 5.69 Å². The van der Waals surface area contributed by atoms with Gasteiger partial charge >= 0.3 is 0 Å². The van der Waals surface area contributed by atoms with Gasteiger partial charge in [-0.3, -0.25) is 4.98 Å². The fourth-order valence-corrected chi connectivity index (χ4v) is 3.62. The average Bonchev–Trinajstić information content (AvgIpc) is 2.52. The van der Waals surface area contributed by atoms with Gasteiger partial charge < -0.3 is 10.2 Å². The van der Waals surface area contributed by atoms with Crippen molar-refractivity contribution in [2.75, 3.05) is 12.4 Å². The molecule has 0 saturated carbocycles. The monoisotopic (exact) mass is 295 g/mol. The van der Waals surface area contributed by atoms with Crippen LogP contribution in [0.5, 0.6) is 0 Å². The Labute approximate surface area is 111 Å². The highest BCUT2D eigenvalue weighted by molar-refractivity contribution is 9.10. The van der Waals surface area contributed by atoms with Crippen LogP contribution in [0.3, 0.4) is 0 Å². The van der Waals surface area contributed by atoms with Gasteiger partial charge in [-0.15, -0.1) is 0 Å². The quantitative estimate of drug-likeness (QED) is 0.909. The van der Waals surface area contributed by atoms with E-state index in [2.05, 4.69) is 44.2 Å². The summed E-state index contributed by atoms with van der Waals surface area (Å²) in [6, 6.07) is 4.28. The van der Waals surface area contributed by atoms with Crippen LogP contribution in [0, 0.1) is 0 Å². The van der Waals surface area contributed by atoms with Crippen molar-refractivity contribution < 1.29 is 0 Å². The first-order valence-electron chi connectivity index (χ1n) is 6.31. The van der Waals surface area contributed by atoms with Crippen LogP contribution in [-0.4, -0.2) is 35.1 Å². The minimum absolute atomic E-state index is 0.611. The number of halogens is 1. The van der Waals surface area contributed by atoms with E-state index in [1.807, 2.05) is 12.4 Å². The predicted octanol–water partition coefficient (Wildman–Crippen LogP) is 2.88. The van der Waals surface area contributed by atoms with Crippen LogP contribution in [0.15, 0.2) is 22.9 Å². The number of hydrogen-bond donors (Lipinski definition) is 1. The highest BCUT2D eigenvalue weighted by atomic mass is 79.9. The van der Waals surface area contributed by atoms with Crippen molar-refractivity contribution in [3.8, 4) is 0 Å². The van der Waals surface area contributed by atoms with Crippen molar-refractivity contribution in [3.05, 3.63) is 22.9 Å². The molecule has 2 bridgehead atoms. The maximum atomic E-state index is 4.20. The van der Waals surface area contributed by atoms with E-state index in [1.54, 1.807) is 0 Å². The number of fused-ring (bicyclic) bond motifs is 2. The van der Waals surface area contributed by atoms with E-state index in [-0.39, 0.29) is 0 Å². The molecule has 2 fully saturated rings. The molecule has 1 aromatic heterocycles. The SMILES string of the molecule is CN1C2CCC1CC(Nc1cncc(Br)c1)C2. The molecule has 92 valence electrons. The average molecular weight is 296 g/mol. The normalized spacial score (nSPS) is 32.7. The van der Waals surface area contributed by atoms with E-state index in [1.165, 1.54) is 25.7 Å². The van der Waals surface area contributed by atoms with Gasteiger partial charge in [-0.05, 0) is 54.7 Å². The number of piperidine rings is 1. The molecule has 0 aliphatic carbocycles. The zero-order valence-electron chi connectivity index (χ0n) is 10.1. The van der Waals surface area contributed by atoms with Crippen molar-refractivity contribution in [1.82, 2.24) is 9.88 Å². The van der Waals surface area contributed by atoms with Gasteiger partial charge in [0.2, 0.25) is 0 Å². The van der Waals surface area contributed by atoms with Crippen LogP contribution < -0.4 is 5.32 Å². The second-order valence-electron chi connectivity index (χ2n) is 5.25. The third-order valence-corrected chi connectivity index (χ3v) is 4.61. The summed E-state index contributed by atoms with van der Waals surface area (Å²) in [7, 11) is 2.28. The summed E-state index contributed by atoms with van der Waals surface area (Å²) < 4.78 is 1.04. The van der Waals surface area contributed by atoms with E-state index in [0.29, 0.717) is 6.04 Å². The Kier molecular flexibility index (Phi) is 3.09. The van der Waals surface area contributed by atoms with Gasteiger partial charge in [0.15, 0.2) is 0 Å². The van der Waals surface area contributed by atoms with E-state index in [4.69, 9.17) is 0 Å². The Morgan fingerprint density at radius 2 is 2.00 bits per heavy atom. The van der Waals surface area contributed by atoms with Crippen molar-refractivity contribution in [2.45, 2.75) is 43.8 Å². The van der Waals surface area contributed by atoms with Gasteiger partial charge in [0.1, 0.15) is 0 Å². The topological polar surface area (TPSA) is 28.2 Å². The van der Waals surface area contributed by atoms with Gasteiger partial charge in [-0.1, -0.05) is 0 Å². The predicted molar refractivity (Wildman–Crippen MR) is 73.2 cm³/mol. The van der Waals surface area contributed by atoms with Crippen LogP contribution >= 0.6 is 15.9 Å². The van der Waals surface area contributed by atoms with Gasteiger partial charge in [-0.2, -0.15) is 0 Å². The number of nitrogens with one attached hydrogen (secondary N) is 1. The minimum atomic E-state index is 0.611. The Morgan fingerprint density at radius 3 is 2.65 bits per heavy atom. The third-order valence-electron chi connectivity index (χ3n) is 4.17. The zero-order chi connectivity index (χ0) is 11.8. The molecule has 3 nitrogen and oxygen atoms in total. The molecule has 3 rings (SSSR count). The van der Waals surface area contributed by atoms with Gasteiger partial charge in [0.05, 0.1) is 11.9 Å². The lowest BCUT2D eigenvalue weighted by Gasteiger charge is -2.37. The molecule has 0 amide bonds. The fourth-order valence-electron chi connectivity index (χ4n) is 3.26. The highest BCUT2D eigenvalue weighted by Crippen LogP contribution is 2.35. The molecule has 2 aliphatic rings. The van der Waals surface area contributed by atoms with Gasteiger partial charge in [0.25, 0.3) is 0 Å². The van der Waals surface area contributed by atoms with E-state index < -0.39 is 0 Å². The summed E-state index contributed by atoms with van der Waals surface area (Å²) >= 11 is 3.46. The van der Waals surface area contributed by atoms with Crippen molar-refractivity contribution >= 4 is 21.6 Å². The smallest absolute Gasteiger partial charge is 0.0540 e. The number of aromatic nitrogens is 1. The molecule has 2 saturated heterocycles. The summed E-state index contributed by atoms with van der Waals surface area (Å²) in [4.78, 5) is 6.77. The van der Waals surface area contributed by atoms with E-state index >= 15 is 0 Å². The Bertz CT molecular complexity index is 395. The standard InChI is InChI=1S/C13H18BrN3/c1-17-12-2-3-13(17)6-10(5-12)16-11-4-9(14)7-15-8-11/h4,7-8,10,12-13,16H,2-3,5-6H2,1H3. The van der Waals surface area contributed by atoms with Crippen LogP contribution in [0.2, 0.25) is 0 Å². The molecular formula is C13H18BrN3. The summed E-state index contributed by atoms with van der Waals surface area (Å²) in [5.41, 5.74) is 1.13. The lowest BCUT2D eigenvalue weighted by Crippen LogP contribution is -2.44. The summed E-state index contributed by atoms with van der Waals surface area (Å²) in [6.45, 7) is 0. The van der Waals surface area contributed by atoms with Gasteiger partial charge in [0, 0.05) is 28.8 Å². The molecule has 2 unspecified atom stereocenters. The molecule has 3 heterocycles. The van der Waals surface area contributed by atoms with Crippen LogP contribution in [-0.2, 0) is 0 Å². The molecule has 4 heteroatoms. The van der Waals surface area contributed by atoms with Crippen LogP contribution in [0.25, 0.3) is 0 Å². The van der Waals surface area contributed by atoms with Crippen molar-refractivity contribution in [1.29, 1.82) is 0 Å². The molecule has 2 aliphatic heterocycles. The van der Waals surface area contributed by atoms with E-state index in [9.17, 15) is 0 Å². The highest BCUT2D eigenvalue weighted by Gasteiger charge is 2.38. The second-order valence-corrected chi connectivity index (χ2v) is 6.17. The largest absolute Gasteiger partial charge is 0.381 e. The number of pyridine rings is 1. The molecule has 0 spiro atoms. The Hall–Kier alpha value is -0.610. The summed E-state index contributed by atoms with van der Waals surface area (Å²) in [5.74, 6) is 0. The maximum Gasteiger partial charge on any atom is 0.0540 e. The van der Waals surface area contributed by atoms with Crippen molar-refractivity contribution in [3.63, 3.8) is 0 Å². The first-order chi connectivity index (χ1) is 8.22. The lowest BCUT2D eigenvalue weighted by molar-refractivity contribution is 0.169. The molecule has 2 atom stereocenters. The summed E-state index contributed by atoms with van der Waals surface area (Å²) in [6.07, 6.45) is 9.00.